The minimum Gasteiger partial charge on any atom is -0.319 e. The van der Waals surface area contributed by atoms with Gasteiger partial charge in [-0.15, -0.1) is 0 Å². The molecule has 1 amide bonds. The van der Waals surface area contributed by atoms with E-state index >= 15 is 0 Å². The normalized spacial score (nSPS) is 10.9. The standard InChI is InChI=1S/C16H13F2N5O2/c1-22-8-11(13(9-24)21-22)16(25)20-12-7-19-23(14(12)15(17)18)10-5-3-2-4-6-10/h2-9,15H,1H3,(H,20,25). The van der Waals surface area contributed by atoms with Crippen molar-refractivity contribution in [2.45, 2.75) is 6.43 Å². The molecule has 1 aromatic carbocycles. The fourth-order valence-electron chi connectivity index (χ4n) is 2.40. The van der Waals surface area contributed by atoms with Gasteiger partial charge in [0.05, 0.1) is 23.1 Å². The average molecular weight is 345 g/mol. The lowest BCUT2D eigenvalue weighted by Gasteiger charge is -2.09. The van der Waals surface area contributed by atoms with Gasteiger partial charge in [0, 0.05) is 13.2 Å². The van der Waals surface area contributed by atoms with Crippen LogP contribution in [0.25, 0.3) is 5.69 Å². The molecule has 0 saturated heterocycles. The third kappa shape index (κ3) is 3.16. The molecule has 128 valence electrons. The number of halogens is 2. The maximum atomic E-state index is 13.5. The predicted molar refractivity (Wildman–Crippen MR) is 85.1 cm³/mol. The average Bonchev–Trinajstić information content (AvgIpc) is 3.19. The minimum atomic E-state index is -2.86. The summed E-state index contributed by atoms with van der Waals surface area (Å²) in [6.45, 7) is 0. The van der Waals surface area contributed by atoms with Gasteiger partial charge in [-0.2, -0.15) is 10.2 Å². The zero-order valence-electron chi connectivity index (χ0n) is 13.1. The molecule has 0 radical (unpaired) electrons. The molecule has 0 spiro atoms. The van der Waals surface area contributed by atoms with E-state index in [-0.39, 0.29) is 16.9 Å². The van der Waals surface area contributed by atoms with Crippen LogP contribution in [0.15, 0.2) is 42.7 Å². The molecule has 9 heteroatoms. The molecule has 25 heavy (non-hydrogen) atoms. The molecule has 7 nitrogen and oxygen atoms in total. The van der Waals surface area contributed by atoms with E-state index in [9.17, 15) is 18.4 Å². The van der Waals surface area contributed by atoms with Crippen molar-refractivity contribution in [1.82, 2.24) is 19.6 Å². The van der Waals surface area contributed by atoms with Crippen LogP contribution < -0.4 is 5.32 Å². The van der Waals surface area contributed by atoms with E-state index < -0.39 is 18.0 Å². The number of hydrogen-bond acceptors (Lipinski definition) is 4. The van der Waals surface area contributed by atoms with E-state index in [1.807, 2.05) is 0 Å². The Bertz CT molecular complexity index is 918. The lowest BCUT2D eigenvalue weighted by molar-refractivity contribution is 0.101. The molecule has 1 N–H and O–H groups in total. The van der Waals surface area contributed by atoms with Crippen molar-refractivity contribution < 1.29 is 18.4 Å². The first-order chi connectivity index (χ1) is 12.0. The van der Waals surface area contributed by atoms with Crippen LogP contribution in [0.4, 0.5) is 14.5 Å². The van der Waals surface area contributed by atoms with Crippen LogP contribution in [0.1, 0.15) is 33.0 Å². The highest BCUT2D eigenvalue weighted by molar-refractivity contribution is 6.08. The fraction of sp³-hybridized carbons (Fsp3) is 0.125. The molecule has 2 heterocycles. The number of carbonyl (C=O) groups excluding carboxylic acids is 2. The highest BCUT2D eigenvalue weighted by atomic mass is 19.3. The van der Waals surface area contributed by atoms with Gasteiger partial charge in [-0.25, -0.2) is 13.5 Å². The van der Waals surface area contributed by atoms with Crippen molar-refractivity contribution in [1.29, 1.82) is 0 Å². The number of aromatic nitrogens is 4. The van der Waals surface area contributed by atoms with E-state index in [2.05, 4.69) is 15.5 Å². The first-order valence-corrected chi connectivity index (χ1v) is 7.23. The maximum absolute atomic E-state index is 13.5. The summed E-state index contributed by atoms with van der Waals surface area (Å²) in [5, 5.41) is 10.1. The second-order valence-corrected chi connectivity index (χ2v) is 5.17. The van der Waals surface area contributed by atoms with E-state index in [0.29, 0.717) is 12.0 Å². The Balaban J connectivity index is 1.97. The summed E-state index contributed by atoms with van der Waals surface area (Å²) in [5.74, 6) is -0.718. The summed E-state index contributed by atoms with van der Waals surface area (Å²) in [6.07, 6.45) is 0.0417. The molecule has 3 rings (SSSR count). The molecule has 0 atom stereocenters. The molecule has 0 aliphatic heterocycles. The smallest absolute Gasteiger partial charge is 0.282 e. The molecule has 0 aliphatic rings. The number of aldehydes is 1. The zero-order valence-corrected chi connectivity index (χ0v) is 13.1. The third-order valence-corrected chi connectivity index (χ3v) is 3.48. The lowest BCUT2D eigenvalue weighted by Crippen LogP contribution is -2.15. The second-order valence-electron chi connectivity index (χ2n) is 5.17. The highest BCUT2D eigenvalue weighted by Gasteiger charge is 2.24. The van der Waals surface area contributed by atoms with Gasteiger partial charge in [0.15, 0.2) is 6.29 Å². The molecule has 3 aromatic rings. The van der Waals surface area contributed by atoms with Gasteiger partial charge in [-0.05, 0) is 12.1 Å². The SMILES string of the molecule is Cn1cc(C(=O)Nc2cnn(-c3ccccc3)c2C(F)F)c(C=O)n1. The fourth-order valence-corrected chi connectivity index (χ4v) is 2.40. The summed E-state index contributed by atoms with van der Waals surface area (Å²) in [6, 6.07) is 8.38. The van der Waals surface area contributed by atoms with E-state index in [4.69, 9.17) is 0 Å². The summed E-state index contributed by atoms with van der Waals surface area (Å²) >= 11 is 0. The summed E-state index contributed by atoms with van der Waals surface area (Å²) in [7, 11) is 1.54. The van der Waals surface area contributed by atoms with Gasteiger partial charge in [0.2, 0.25) is 0 Å². The Kier molecular flexibility index (Phi) is 4.38. The number of anilines is 1. The van der Waals surface area contributed by atoms with Crippen LogP contribution in [-0.4, -0.2) is 31.8 Å². The van der Waals surface area contributed by atoms with Crippen molar-refractivity contribution in [2.75, 3.05) is 5.32 Å². The Morgan fingerprint density at radius 1 is 1.28 bits per heavy atom. The first-order valence-electron chi connectivity index (χ1n) is 7.23. The molecule has 2 aromatic heterocycles. The molecule has 0 unspecified atom stereocenters. The number of aryl methyl sites for hydroxylation is 1. The molecular formula is C16H13F2N5O2. The number of carbonyl (C=O) groups is 2. The largest absolute Gasteiger partial charge is 0.319 e. The minimum absolute atomic E-state index is 0.00909. The molecule has 0 bridgehead atoms. The monoisotopic (exact) mass is 345 g/mol. The number of amides is 1. The maximum Gasteiger partial charge on any atom is 0.282 e. The lowest BCUT2D eigenvalue weighted by atomic mass is 10.2. The van der Waals surface area contributed by atoms with Crippen molar-refractivity contribution in [2.24, 2.45) is 7.05 Å². The van der Waals surface area contributed by atoms with Crippen LogP contribution in [0.5, 0.6) is 0 Å². The van der Waals surface area contributed by atoms with Crippen molar-refractivity contribution >= 4 is 17.9 Å². The number of rotatable bonds is 5. The number of nitrogens with zero attached hydrogens (tertiary/aromatic N) is 4. The summed E-state index contributed by atoms with van der Waals surface area (Å²) < 4.78 is 29.4. The topological polar surface area (TPSA) is 81.8 Å². The Morgan fingerprint density at radius 3 is 2.64 bits per heavy atom. The summed E-state index contributed by atoms with van der Waals surface area (Å²) in [5.41, 5.74) is -0.229. The van der Waals surface area contributed by atoms with Crippen molar-refractivity contribution in [3.8, 4) is 5.69 Å². The quantitative estimate of drug-likeness (QED) is 0.721. The van der Waals surface area contributed by atoms with Gasteiger partial charge in [0.1, 0.15) is 11.4 Å². The molecule has 0 aliphatic carbocycles. The van der Waals surface area contributed by atoms with Crippen LogP contribution in [0, 0.1) is 0 Å². The van der Waals surface area contributed by atoms with Crippen LogP contribution >= 0.6 is 0 Å². The number of nitrogens with one attached hydrogen (secondary N) is 1. The van der Waals surface area contributed by atoms with Crippen LogP contribution in [0.2, 0.25) is 0 Å². The predicted octanol–water partition coefficient (Wildman–Crippen LogP) is 2.61. The number of alkyl halides is 2. The zero-order chi connectivity index (χ0) is 18.0. The van der Waals surface area contributed by atoms with E-state index in [1.54, 1.807) is 37.4 Å². The molecule has 0 fully saturated rings. The number of hydrogen-bond donors (Lipinski definition) is 1. The van der Waals surface area contributed by atoms with Gasteiger partial charge in [-0.3, -0.25) is 14.3 Å². The van der Waals surface area contributed by atoms with Gasteiger partial charge in [-0.1, -0.05) is 18.2 Å². The molecule has 0 saturated carbocycles. The number of benzene rings is 1. The third-order valence-electron chi connectivity index (χ3n) is 3.48. The van der Waals surface area contributed by atoms with Gasteiger partial charge < -0.3 is 5.32 Å². The highest BCUT2D eigenvalue weighted by Crippen LogP contribution is 2.29. The Morgan fingerprint density at radius 2 is 2.00 bits per heavy atom. The van der Waals surface area contributed by atoms with Crippen LogP contribution in [0.3, 0.4) is 0 Å². The van der Waals surface area contributed by atoms with Crippen molar-refractivity contribution in [3.63, 3.8) is 0 Å². The molecular weight excluding hydrogens is 332 g/mol. The Labute approximate surface area is 140 Å². The first kappa shape index (κ1) is 16.5. The van der Waals surface area contributed by atoms with E-state index in [1.165, 1.54) is 10.9 Å². The summed E-state index contributed by atoms with van der Waals surface area (Å²) in [4.78, 5) is 23.3. The number of para-hydroxylation sites is 1. The van der Waals surface area contributed by atoms with Gasteiger partial charge >= 0.3 is 0 Å². The van der Waals surface area contributed by atoms with Crippen LogP contribution in [-0.2, 0) is 7.05 Å². The Hall–Kier alpha value is -3.36. The van der Waals surface area contributed by atoms with Crippen molar-refractivity contribution in [3.05, 3.63) is 59.7 Å². The second kappa shape index (κ2) is 6.63. The van der Waals surface area contributed by atoms with Gasteiger partial charge in [0.25, 0.3) is 12.3 Å². The van der Waals surface area contributed by atoms with E-state index in [0.717, 1.165) is 10.9 Å².